The number of carbonyl (C=O) groups is 1. The maximum atomic E-state index is 11.4. The number of nitrogens with two attached hydrogens (primary N) is 2. The van der Waals surface area contributed by atoms with Gasteiger partial charge in [-0.25, -0.2) is 4.68 Å². The summed E-state index contributed by atoms with van der Waals surface area (Å²) in [7, 11) is 0. The first-order chi connectivity index (χ1) is 8.00. The predicted octanol–water partition coefficient (Wildman–Crippen LogP) is 1.55. The van der Waals surface area contributed by atoms with Crippen LogP contribution in [0.5, 0.6) is 0 Å². The number of hydrogen-bond acceptors (Lipinski definition) is 4. The standard InChI is InChI=1S/C12H14N4O/c1-7-3-5-9(6-4-7)16-12(14)10(8(2)17)11(13)15-16/h3-6H,14H2,1-2H3,(H2,13,15). The average molecular weight is 230 g/mol. The number of Topliss-reactive ketones (excluding diaryl/α,β-unsaturated/α-hetero) is 1. The minimum absolute atomic E-state index is 0.163. The lowest BCUT2D eigenvalue weighted by Gasteiger charge is -2.04. The molecule has 0 radical (unpaired) electrons. The van der Waals surface area contributed by atoms with Crippen LogP contribution >= 0.6 is 0 Å². The normalized spacial score (nSPS) is 10.5. The van der Waals surface area contributed by atoms with Gasteiger partial charge in [0, 0.05) is 0 Å². The van der Waals surface area contributed by atoms with E-state index in [4.69, 9.17) is 11.5 Å². The summed E-state index contributed by atoms with van der Waals surface area (Å²) in [6, 6.07) is 7.64. The second-order valence-electron chi connectivity index (χ2n) is 3.95. The molecule has 0 saturated heterocycles. The molecule has 0 aliphatic carbocycles. The molecule has 17 heavy (non-hydrogen) atoms. The third-order valence-corrected chi connectivity index (χ3v) is 2.58. The molecular formula is C12H14N4O. The highest BCUT2D eigenvalue weighted by atomic mass is 16.1. The Hall–Kier alpha value is -2.30. The highest BCUT2D eigenvalue weighted by molar-refractivity contribution is 6.02. The summed E-state index contributed by atoms with van der Waals surface area (Å²) in [6.07, 6.45) is 0. The smallest absolute Gasteiger partial charge is 0.167 e. The van der Waals surface area contributed by atoms with Crippen LogP contribution < -0.4 is 11.5 Å². The Bertz CT molecular complexity index is 569. The van der Waals surface area contributed by atoms with Crippen molar-refractivity contribution in [2.24, 2.45) is 0 Å². The van der Waals surface area contributed by atoms with Gasteiger partial charge < -0.3 is 11.5 Å². The summed E-state index contributed by atoms with van der Waals surface area (Å²) in [6.45, 7) is 3.41. The van der Waals surface area contributed by atoms with E-state index >= 15 is 0 Å². The first-order valence-electron chi connectivity index (χ1n) is 5.22. The monoisotopic (exact) mass is 230 g/mol. The number of nitrogens with zero attached hydrogens (tertiary/aromatic N) is 2. The topological polar surface area (TPSA) is 86.9 Å². The second kappa shape index (κ2) is 3.93. The molecule has 88 valence electrons. The summed E-state index contributed by atoms with van der Waals surface area (Å²) in [4.78, 5) is 11.4. The van der Waals surface area contributed by atoms with Crippen LogP contribution in [-0.4, -0.2) is 15.6 Å². The number of hydrogen-bond donors (Lipinski definition) is 2. The van der Waals surface area contributed by atoms with Crippen LogP contribution in [0.15, 0.2) is 24.3 Å². The summed E-state index contributed by atoms with van der Waals surface area (Å²) >= 11 is 0. The zero-order valence-electron chi connectivity index (χ0n) is 9.77. The molecular weight excluding hydrogens is 216 g/mol. The summed E-state index contributed by atoms with van der Waals surface area (Å²) < 4.78 is 1.48. The predicted molar refractivity (Wildman–Crippen MR) is 67.1 cm³/mol. The zero-order chi connectivity index (χ0) is 12.6. The van der Waals surface area contributed by atoms with E-state index in [1.54, 1.807) is 0 Å². The first kappa shape index (κ1) is 11.2. The molecule has 0 bridgehead atoms. The number of aromatic nitrogens is 2. The van der Waals surface area contributed by atoms with Crippen LogP contribution in [0.3, 0.4) is 0 Å². The fraction of sp³-hybridized carbons (Fsp3) is 0.167. The molecule has 2 rings (SSSR count). The quantitative estimate of drug-likeness (QED) is 0.766. The van der Waals surface area contributed by atoms with Crippen molar-refractivity contribution in [3.8, 4) is 5.69 Å². The van der Waals surface area contributed by atoms with Gasteiger partial charge >= 0.3 is 0 Å². The van der Waals surface area contributed by atoms with Crippen molar-refractivity contribution in [2.45, 2.75) is 13.8 Å². The molecule has 2 aromatic rings. The van der Waals surface area contributed by atoms with Gasteiger partial charge in [0.1, 0.15) is 11.4 Å². The van der Waals surface area contributed by atoms with Gasteiger partial charge in [0.2, 0.25) is 0 Å². The molecule has 1 heterocycles. The van der Waals surface area contributed by atoms with E-state index in [2.05, 4.69) is 5.10 Å². The van der Waals surface area contributed by atoms with Crippen LogP contribution in [0.25, 0.3) is 5.69 Å². The first-order valence-corrected chi connectivity index (χ1v) is 5.22. The van der Waals surface area contributed by atoms with E-state index in [0.29, 0.717) is 0 Å². The van der Waals surface area contributed by atoms with Gasteiger partial charge in [-0.3, -0.25) is 4.79 Å². The van der Waals surface area contributed by atoms with Crippen molar-refractivity contribution in [1.29, 1.82) is 0 Å². The van der Waals surface area contributed by atoms with E-state index in [-0.39, 0.29) is 23.0 Å². The molecule has 0 fully saturated rings. The fourth-order valence-corrected chi connectivity index (χ4v) is 1.69. The highest BCUT2D eigenvalue weighted by Gasteiger charge is 2.17. The molecule has 1 aromatic carbocycles. The van der Waals surface area contributed by atoms with Crippen molar-refractivity contribution >= 4 is 17.4 Å². The van der Waals surface area contributed by atoms with E-state index in [0.717, 1.165) is 11.3 Å². The van der Waals surface area contributed by atoms with Gasteiger partial charge in [-0.2, -0.15) is 0 Å². The number of carbonyl (C=O) groups excluding carboxylic acids is 1. The average Bonchev–Trinajstić information content (AvgIpc) is 2.55. The van der Waals surface area contributed by atoms with Crippen LogP contribution in [0, 0.1) is 6.92 Å². The molecule has 0 spiro atoms. The van der Waals surface area contributed by atoms with Crippen molar-refractivity contribution in [2.75, 3.05) is 11.5 Å². The minimum atomic E-state index is -0.182. The number of nitrogen functional groups attached to an aromatic ring is 2. The highest BCUT2D eigenvalue weighted by Crippen LogP contribution is 2.23. The van der Waals surface area contributed by atoms with Crippen LogP contribution in [0.2, 0.25) is 0 Å². The lowest BCUT2D eigenvalue weighted by atomic mass is 10.2. The third-order valence-electron chi connectivity index (χ3n) is 2.58. The van der Waals surface area contributed by atoms with Crippen LogP contribution in [-0.2, 0) is 0 Å². The second-order valence-corrected chi connectivity index (χ2v) is 3.95. The van der Waals surface area contributed by atoms with Crippen molar-refractivity contribution < 1.29 is 4.79 Å². The maximum Gasteiger partial charge on any atom is 0.167 e. The Morgan fingerprint density at radius 1 is 1.24 bits per heavy atom. The van der Waals surface area contributed by atoms with Crippen molar-refractivity contribution in [1.82, 2.24) is 9.78 Å². The lowest BCUT2D eigenvalue weighted by molar-refractivity contribution is 0.101. The molecule has 1 aromatic heterocycles. The molecule has 0 aliphatic rings. The molecule has 0 atom stereocenters. The van der Waals surface area contributed by atoms with Gasteiger partial charge in [0.15, 0.2) is 11.6 Å². The van der Waals surface area contributed by atoms with Gasteiger partial charge in [-0.05, 0) is 26.0 Å². The molecule has 5 nitrogen and oxygen atoms in total. The van der Waals surface area contributed by atoms with Gasteiger partial charge in [0.25, 0.3) is 0 Å². The van der Waals surface area contributed by atoms with Crippen molar-refractivity contribution in [3.63, 3.8) is 0 Å². The molecule has 4 N–H and O–H groups in total. The zero-order valence-corrected chi connectivity index (χ0v) is 9.77. The molecule has 0 unspecified atom stereocenters. The van der Waals surface area contributed by atoms with Gasteiger partial charge in [-0.1, -0.05) is 17.7 Å². The third kappa shape index (κ3) is 1.87. The summed E-state index contributed by atoms with van der Waals surface area (Å²) in [5.74, 6) is 0.257. The van der Waals surface area contributed by atoms with E-state index in [1.165, 1.54) is 11.6 Å². The van der Waals surface area contributed by atoms with Crippen molar-refractivity contribution in [3.05, 3.63) is 35.4 Å². The number of benzene rings is 1. The van der Waals surface area contributed by atoms with Crippen LogP contribution in [0.1, 0.15) is 22.8 Å². The molecule has 5 heteroatoms. The lowest BCUT2D eigenvalue weighted by Crippen LogP contribution is -2.04. The largest absolute Gasteiger partial charge is 0.383 e. The molecule has 0 aliphatic heterocycles. The Labute approximate surface area is 99.0 Å². The Kier molecular flexibility index (Phi) is 2.59. The van der Waals surface area contributed by atoms with E-state index < -0.39 is 0 Å². The number of aryl methyl sites for hydroxylation is 1. The molecule has 0 amide bonds. The molecule has 0 saturated carbocycles. The van der Waals surface area contributed by atoms with Gasteiger partial charge in [0.05, 0.1) is 5.69 Å². The maximum absolute atomic E-state index is 11.4. The summed E-state index contributed by atoms with van der Waals surface area (Å²) in [5, 5.41) is 4.08. The van der Waals surface area contributed by atoms with Crippen LogP contribution in [0.4, 0.5) is 11.6 Å². The number of anilines is 2. The number of rotatable bonds is 2. The Balaban J connectivity index is 2.57. The Morgan fingerprint density at radius 2 is 1.82 bits per heavy atom. The van der Waals surface area contributed by atoms with E-state index in [1.807, 2.05) is 31.2 Å². The van der Waals surface area contributed by atoms with Gasteiger partial charge in [-0.15, -0.1) is 5.10 Å². The SMILES string of the molecule is CC(=O)c1c(N)nn(-c2ccc(C)cc2)c1N. The number of ketones is 1. The fourth-order valence-electron chi connectivity index (χ4n) is 1.69. The minimum Gasteiger partial charge on any atom is -0.383 e. The van der Waals surface area contributed by atoms with E-state index in [9.17, 15) is 4.79 Å². The summed E-state index contributed by atoms with van der Waals surface area (Å²) in [5.41, 5.74) is 13.8. The Morgan fingerprint density at radius 3 is 2.29 bits per heavy atom.